The molecule has 102 valence electrons. The first kappa shape index (κ1) is 14.1. The molecule has 0 unspecified atom stereocenters. The van der Waals surface area contributed by atoms with Gasteiger partial charge in [0, 0.05) is 24.2 Å². The zero-order chi connectivity index (χ0) is 14.9. The Hall–Kier alpha value is -3.31. The third-order valence-corrected chi connectivity index (χ3v) is 2.62. The van der Waals surface area contributed by atoms with Crippen LogP contribution in [-0.4, -0.2) is 4.98 Å². The van der Waals surface area contributed by atoms with Crippen LogP contribution >= 0.6 is 0 Å². The summed E-state index contributed by atoms with van der Waals surface area (Å²) >= 11 is 0. The zero-order valence-electron chi connectivity index (χ0n) is 11.2. The Morgan fingerprint density at radius 1 is 1.19 bits per heavy atom. The van der Waals surface area contributed by atoms with Crippen molar-refractivity contribution in [1.82, 2.24) is 4.98 Å². The van der Waals surface area contributed by atoms with Crippen molar-refractivity contribution in [2.75, 3.05) is 5.32 Å². The van der Waals surface area contributed by atoms with E-state index in [1.807, 2.05) is 30.3 Å². The van der Waals surface area contributed by atoms with Crippen LogP contribution < -0.4 is 10.1 Å². The highest BCUT2D eigenvalue weighted by molar-refractivity contribution is 5.59. The number of anilines is 1. The monoisotopic (exact) mass is 276 g/mol. The van der Waals surface area contributed by atoms with E-state index in [1.165, 1.54) is 6.20 Å². The number of allylic oxidation sites excluding steroid dienone is 1. The number of ether oxygens (including phenoxy) is 1. The van der Waals surface area contributed by atoms with Crippen LogP contribution in [0.1, 0.15) is 5.56 Å². The average molecular weight is 276 g/mol. The number of para-hydroxylation sites is 2. The molecule has 0 aliphatic heterocycles. The van der Waals surface area contributed by atoms with Crippen LogP contribution in [-0.2, 0) is 6.61 Å². The summed E-state index contributed by atoms with van der Waals surface area (Å²) in [4.78, 5) is 4.02. The molecule has 0 aliphatic rings. The Morgan fingerprint density at radius 3 is 2.71 bits per heavy atom. The van der Waals surface area contributed by atoms with E-state index < -0.39 is 0 Å². The fraction of sp³-hybridized carbons (Fsp3) is 0.0625. The molecule has 1 aromatic heterocycles. The molecule has 1 N–H and O–H groups in total. The Balaban J connectivity index is 2.09. The molecule has 2 rings (SSSR count). The van der Waals surface area contributed by atoms with E-state index in [-0.39, 0.29) is 5.57 Å². The lowest BCUT2D eigenvalue weighted by Crippen LogP contribution is -1.99. The van der Waals surface area contributed by atoms with E-state index in [2.05, 4.69) is 10.3 Å². The third-order valence-electron chi connectivity index (χ3n) is 2.62. The van der Waals surface area contributed by atoms with Gasteiger partial charge in [-0.3, -0.25) is 4.98 Å². The van der Waals surface area contributed by atoms with Crippen LogP contribution in [0.3, 0.4) is 0 Å². The van der Waals surface area contributed by atoms with Gasteiger partial charge in [-0.05, 0) is 18.2 Å². The molecule has 2 aromatic rings. The molecule has 0 amide bonds. The molecule has 0 saturated carbocycles. The van der Waals surface area contributed by atoms with E-state index in [1.54, 1.807) is 30.6 Å². The van der Waals surface area contributed by atoms with E-state index >= 15 is 0 Å². The molecule has 0 atom stereocenters. The van der Waals surface area contributed by atoms with Crippen molar-refractivity contribution in [2.45, 2.75) is 6.61 Å². The van der Waals surface area contributed by atoms with Gasteiger partial charge in [0.2, 0.25) is 0 Å². The summed E-state index contributed by atoms with van der Waals surface area (Å²) < 4.78 is 5.73. The number of hydrogen-bond acceptors (Lipinski definition) is 5. The van der Waals surface area contributed by atoms with Gasteiger partial charge in [-0.2, -0.15) is 10.5 Å². The standard InChI is InChI=1S/C16H12N4O/c17-8-14(9-18)11-20-15-5-1-2-6-16(15)21-12-13-4-3-7-19-10-13/h1-7,10-11,20H,12H2. The number of nitriles is 2. The van der Waals surface area contributed by atoms with Gasteiger partial charge in [-0.15, -0.1) is 0 Å². The van der Waals surface area contributed by atoms with Crippen LogP contribution in [0.25, 0.3) is 0 Å². The summed E-state index contributed by atoms with van der Waals surface area (Å²) in [5, 5.41) is 20.3. The molecule has 0 aliphatic carbocycles. The Morgan fingerprint density at radius 2 is 2.00 bits per heavy atom. The predicted molar refractivity (Wildman–Crippen MR) is 77.9 cm³/mol. The molecule has 1 aromatic carbocycles. The highest BCUT2D eigenvalue weighted by Gasteiger charge is 2.02. The summed E-state index contributed by atoms with van der Waals surface area (Å²) in [6.45, 7) is 0.388. The molecule has 5 heteroatoms. The second kappa shape index (κ2) is 7.32. The van der Waals surface area contributed by atoms with Gasteiger partial charge < -0.3 is 10.1 Å². The normalized spacial score (nSPS) is 9.05. The van der Waals surface area contributed by atoms with E-state index in [0.29, 0.717) is 18.0 Å². The van der Waals surface area contributed by atoms with Crippen molar-refractivity contribution in [1.29, 1.82) is 10.5 Å². The lowest BCUT2D eigenvalue weighted by atomic mass is 10.2. The topological polar surface area (TPSA) is 81.7 Å². The third kappa shape index (κ3) is 4.09. The average Bonchev–Trinajstić information content (AvgIpc) is 2.56. The number of benzene rings is 1. The van der Waals surface area contributed by atoms with Gasteiger partial charge in [0.15, 0.2) is 0 Å². The lowest BCUT2D eigenvalue weighted by molar-refractivity contribution is 0.307. The van der Waals surface area contributed by atoms with E-state index in [0.717, 1.165) is 5.56 Å². The van der Waals surface area contributed by atoms with Crippen molar-refractivity contribution in [3.63, 3.8) is 0 Å². The smallest absolute Gasteiger partial charge is 0.145 e. The maximum atomic E-state index is 8.71. The van der Waals surface area contributed by atoms with Gasteiger partial charge in [0.1, 0.15) is 30.1 Å². The Kier molecular flexibility index (Phi) is 4.92. The molecule has 0 saturated heterocycles. The molecular weight excluding hydrogens is 264 g/mol. The SMILES string of the molecule is N#CC(C#N)=CNc1ccccc1OCc1cccnc1. The van der Waals surface area contributed by atoms with Crippen molar-refractivity contribution in [3.05, 3.63) is 66.1 Å². The summed E-state index contributed by atoms with van der Waals surface area (Å²) in [6, 6.07) is 14.6. The summed E-state index contributed by atoms with van der Waals surface area (Å²) in [6.07, 6.45) is 4.79. The largest absolute Gasteiger partial charge is 0.487 e. The fourth-order valence-electron chi connectivity index (χ4n) is 1.60. The van der Waals surface area contributed by atoms with Crippen molar-refractivity contribution >= 4 is 5.69 Å². The number of pyridine rings is 1. The van der Waals surface area contributed by atoms with Gasteiger partial charge >= 0.3 is 0 Å². The molecular formula is C16H12N4O. The summed E-state index contributed by atoms with van der Waals surface area (Å²) in [5.41, 5.74) is 1.64. The minimum atomic E-state index is -0.00272. The van der Waals surface area contributed by atoms with E-state index in [4.69, 9.17) is 15.3 Å². The van der Waals surface area contributed by atoms with Gasteiger partial charge in [0.25, 0.3) is 0 Å². The van der Waals surface area contributed by atoms with Gasteiger partial charge in [-0.1, -0.05) is 18.2 Å². The quantitative estimate of drug-likeness (QED) is 0.849. The van der Waals surface area contributed by atoms with Gasteiger partial charge in [-0.25, -0.2) is 0 Å². The number of rotatable bonds is 5. The molecule has 5 nitrogen and oxygen atoms in total. The minimum Gasteiger partial charge on any atom is -0.487 e. The minimum absolute atomic E-state index is 0.00272. The van der Waals surface area contributed by atoms with Gasteiger partial charge in [0.05, 0.1) is 5.69 Å². The number of nitrogens with one attached hydrogen (secondary N) is 1. The van der Waals surface area contributed by atoms with Crippen molar-refractivity contribution in [3.8, 4) is 17.9 Å². The van der Waals surface area contributed by atoms with Crippen LogP contribution in [0.15, 0.2) is 60.6 Å². The molecule has 0 radical (unpaired) electrons. The maximum absolute atomic E-state index is 8.71. The maximum Gasteiger partial charge on any atom is 0.145 e. The highest BCUT2D eigenvalue weighted by atomic mass is 16.5. The second-order valence-electron chi connectivity index (χ2n) is 4.07. The zero-order valence-corrected chi connectivity index (χ0v) is 11.2. The second-order valence-corrected chi connectivity index (χ2v) is 4.07. The predicted octanol–water partition coefficient (Wildman–Crippen LogP) is 3.00. The molecule has 21 heavy (non-hydrogen) atoms. The first-order valence-electron chi connectivity index (χ1n) is 6.21. The summed E-state index contributed by atoms with van der Waals surface area (Å²) in [5.74, 6) is 0.632. The Labute approximate surface area is 122 Å². The first-order valence-corrected chi connectivity index (χ1v) is 6.21. The Bertz CT molecular complexity index is 695. The van der Waals surface area contributed by atoms with Crippen LogP contribution in [0.4, 0.5) is 5.69 Å². The highest BCUT2D eigenvalue weighted by Crippen LogP contribution is 2.24. The van der Waals surface area contributed by atoms with E-state index in [9.17, 15) is 0 Å². The van der Waals surface area contributed by atoms with Crippen LogP contribution in [0, 0.1) is 22.7 Å². The number of hydrogen-bond donors (Lipinski definition) is 1. The van der Waals surface area contributed by atoms with Crippen LogP contribution in [0.2, 0.25) is 0 Å². The van der Waals surface area contributed by atoms with Crippen molar-refractivity contribution < 1.29 is 4.74 Å². The summed E-state index contributed by atoms with van der Waals surface area (Å²) in [7, 11) is 0. The number of nitrogens with zero attached hydrogens (tertiary/aromatic N) is 3. The fourth-order valence-corrected chi connectivity index (χ4v) is 1.60. The molecule has 0 bridgehead atoms. The molecule has 0 fully saturated rings. The molecule has 0 spiro atoms. The van der Waals surface area contributed by atoms with Crippen LogP contribution in [0.5, 0.6) is 5.75 Å². The molecule has 1 heterocycles. The van der Waals surface area contributed by atoms with Crippen molar-refractivity contribution in [2.24, 2.45) is 0 Å². The number of aromatic nitrogens is 1. The first-order chi connectivity index (χ1) is 10.3. The lowest BCUT2D eigenvalue weighted by Gasteiger charge is -2.11.